The van der Waals surface area contributed by atoms with Crippen LogP contribution < -0.4 is 11.1 Å². The molecule has 0 fully saturated rings. The van der Waals surface area contributed by atoms with Gasteiger partial charge in [0, 0.05) is 25.4 Å². The van der Waals surface area contributed by atoms with Crippen LogP contribution in [0, 0.1) is 5.92 Å². The van der Waals surface area contributed by atoms with E-state index < -0.39 is 6.04 Å². The molecule has 0 aromatic carbocycles. The van der Waals surface area contributed by atoms with Gasteiger partial charge in [0.15, 0.2) is 0 Å². The normalized spacial score (nSPS) is 12.1. The first-order valence-corrected chi connectivity index (χ1v) is 5.01. The molecule has 0 bridgehead atoms. The predicted octanol–water partition coefficient (Wildman–Crippen LogP) is 0.441. The van der Waals surface area contributed by atoms with Crippen molar-refractivity contribution in [1.82, 2.24) is 15.1 Å². The molecule has 0 saturated carbocycles. The molecule has 6 heteroatoms. The summed E-state index contributed by atoms with van der Waals surface area (Å²) in [5, 5.41) is 6.78. The maximum absolute atomic E-state index is 11.5. The smallest absolute Gasteiger partial charge is 0.237 e. The lowest BCUT2D eigenvalue weighted by Crippen LogP contribution is -2.43. The van der Waals surface area contributed by atoms with Crippen molar-refractivity contribution >= 4 is 18.3 Å². The highest BCUT2D eigenvalue weighted by Gasteiger charge is 2.16. The highest BCUT2D eigenvalue weighted by atomic mass is 35.5. The molecular weight excluding hydrogens is 228 g/mol. The summed E-state index contributed by atoms with van der Waals surface area (Å²) in [5.41, 5.74) is 6.67. The van der Waals surface area contributed by atoms with Crippen LogP contribution in [0.15, 0.2) is 12.4 Å². The van der Waals surface area contributed by atoms with Crippen molar-refractivity contribution in [3.63, 3.8) is 0 Å². The number of rotatable bonds is 4. The second-order valence-corrected chi connectivity index (χ2v) is 4.01. The summed E-state index contributed by atoms with van der Waals surface area (Å²) in [6.07, 6.45) is 3.59. The van der Waals surface area contributed by atoms with Gasteiger partial charge in [-0.25, -0.2) is 0 Å². The zero-order valence-corrected chi connectivity index (χ0v) is 10.6. The maximum Gasteiger partial charge on any atom is 0.237 e. The lowest BCUT2D eigenvalue weighted by atomic mass is 10.1. The van der Waals surface area contributed by atoms with Gasteiger partial charge >= 0.3 is 0 Å². The van der Waals surface area contributed by atoms with Crippen LogP contribution in [0.5, 0.6) is 0 Å². The van der Waals surface area contributed by atoms with Crippen LogP contribution in [-0.2, 0) is 18.4 Å². The Morgan fingerprint density at radius 3 is 2.69 bits per heavy atom. The van der Waals surface area contributed by atoms with Crippen molar-refractivity contribution in [2.24, 2.45) is 18.7 Å². The standard InChI is InChI=1S/C10H18N4O.ClH/c1-7(2)9(11)10(15)12-4-8-5-13-14(3)6-8;/h5-7,9H,4,11H2,1-3H3,(H,12,15);1H/t9-;/m0./s1. The zero-order chi connectivity index (χ0) is 11.4. The van der Waals surface area contributed by atoms with Gasteiger partial charge in [0.1, 0.15) is 0 Å². The van der Waals surface area contributed by atoms with Gasteiger partial charge in [-0.2, -0.15) is 5.10 Å². The summed E-state index contributed by atoms with van der Waals surface area (Å²) < 4.78 is 1.70. The van der Waals surface area contributed by atoms with Crippen LogP contribution in [0.3, 0.4) is 0 Å². The molecular formula is C10H19ClN4O. The minimum absolute atomic E-state index is 0. The summed E-state index contributed by atoms with van der Waals surface area (Å²) in [7, 11) is 1.84. The van der Waals surface area contributed by atoms with E-state index in [1.165, 1.54) is 0 Å². The number of carbonyl (C=O) groups excluding carboxylic acids is 1. The van der Waals surface area contributed by atoms with Crippen molar-refractivity contribution in [3.8, 4) is 0 Å². The third-order valence-electron chi connectivity index (χ3n) is 2.25. The van der Waals surface area contributed by atoms with Crippen LogP contribution in [-0.4, -0.2) is 21.7 Å². The van der Waals surface area contributed by atoms with Crippen LogP contribution in [0.2, 0.25) is 0 Å². The second kappa shape index (κ2) is 6.50. The highest BCUT2D eigenvalue weighted by Crippen LogP contribution is 1.99. The highest BCUT2D eigenvalue weighted by molar-refractivity contribution is 5.85. The quantitative estimate of drug-likeness (QED) is 0.810. The van der Waals surface area contributed by atoms with Crippen LogP contribution in [0.25, 0.3) is 0 Å². The van der Waals surface area contributed by atoms with Gasteiger partial charge in [-0.15, -0.1) is 12.4 Å². The molecule has 0 aliphatic rings. The molecule has 1 aromatic rings. The number of halogens is 1. The van der Waals surface area contributed by atoms with Crippen molar-refractivity contribution < 1.29 is 4.79 Å². The number of nitrogens with zero attached hydrogens (tertiary/aromatic N) is 2. The maximum atomic E-state index is 11.5. The SMILES string of the molecule is CC(C)[C@H](N)C(=O)NCc1cnn(C)c1.Cl. The molecule has 1 amide bonds. The average molecular weight is 247 g/mol. The van der Waals surface area contributed by atoms with E-state index in [-0.39, 0.29) is 24.2 Å². The number of carbonyl (C=O) groups is 1. The average Bonchev–Trinajstić information content (AvgIpc) is 2.59. The minimum atomic E-state index is -0.443. The van der Waals surface area contributed by atoms with Gasteiger partial charge in [0.2, 0.25) is 5.91 Å². The number of hydrogen-bond donors (Lipinski definition) is 2. The van der Waals surface area contributed by atoms with Gasteiger partial charge in [-0.3, -0.25) is 9.48 Å². The van der Waals surface area contributed by atoms with Crippen LogP contribution in [0.4, 0.5) is 0 Å². The molecule has 0 aliphatic carbocycles. The lowest BCUT2D eigenvalue weighted by Gasteiger charge is -2.14. The fourth-order valence-corrected chi connectivity index (χ4v) is 1.17. The molecule has 0 unspecified atom stereocenters. The Hall–Kier alpha value is -1.07. The molecule has 1 heterocycles. The monoisotopic (exact) mass is 246 g/mol. The van der Waals surface area contributed by atoms with E-state index in [4.69, 9.17) is 5.73 Å². The lowest BCUT2D eigenvalue weighted by molar-refractivity contribution is -0.123. The number of nitrogens with one attached hydrogen (secondary N) is 1. The third kappa shape index (κ3) is 4.20. The molecule has 0 spiro atoms. The Balaban J connectivity index is 0.00000225. The molecule has 1 aromatic heterocycles. The van der Waals surface area contributed by atoms with Gasteiger partial charge < -0.3 is 11.1 Å². The van der Waals surface area contributed by atoms with Crippen molar-refractivity contribution in [1.29, 1.82) is 0 Å². The Morgan fingerprint density at radius 2 is 2.25 bits per heavy atom. The predicted molar refractivity (Wildman–Crippen MR) is 65.1 cm³/mol. The van der Waals surface area contributed by atoms with Crippen molar-refractivity contribution in [2.75, 3.05) is 0 Å². The summed E-state index contributed by atoms with van der Waals surface area (Å²) >= 11 is 0. The van der Waals surface area contributed by atoms with Crippen LogP contribution in [0.1, 0.15) is 19.4 Å². The first-order chi connectivity index (χ1) is 7.00. The van der Waals surface area contributed by atoms with Gasteiger partial charge in [-0.05, 0) is 5.92 Å². The van der Waals surface area contributed by atoms with E-state index in [1.54, 1.807) is 10.9 Å². The number of aryl methyl sites for hydroxylation is 1. The van der Waals surface area contributed by atoms with Crippen LogP contribution >= 0.6 is 12.4 Å². The topological polar surface area (TPSA) is 72.9 Å². The number of nitrogens with two attached hydrogens (primary N) is 1. The number of amides is 1. The number of aromatic nitrogens is 2. The van der Waals surface area contributed by atoms with Gasteiger partial charge in [0.05, 0.1) is 12.2 Å². The summed E-state index contributed by atoms with van der Waals surface area (Å²) in [5.74, 6) is 0.0350. The Labute approximate surface area is 102 Å². The van der Waals surface area contributed by atoms with Crippen molar-refractivity contribution in [2.45, 2.75) is 26.4 Å². The molecule has 5 nitrogen and oxygen atoms in total. The molecule has 0 radical (unpaired) electrons. The summed E-state index contributed by atoms with van der Waals surface area (Å²) in [6.45, 7) is 4.33. The zero-order valence-electron chi connectivity index (χ0n) is 9.80. The first-order valence-electron chi connectivity index (χ1n) is 5.01. The Bertz CT molecular complexity index is 337. The summed E-state index contributed by atoms with van der Waals surface area (Å²) in [6, 6.07) is -0.443. The van der Waals surface area contributed by atoms with Crippen molar-refractivity contribution in [3.05, 3.63) is 18.0 Å². The molecule has 1 rings (SSSR count). The van der Waals surface area contributed by atoms with E-state index in [0.29, 0.717) is 6.54 Å². The van der Waals surface area contributed by atoms with Gasteiger partial charge in [0.25, 0.3) is 0 Å². The number of hydrogen-bond acceptors (Lipinski definition) is 3. The molecule has 92 valence electrons. The Morgan fingerprint density at radius 1 is 1.62 bits per heavy atom. The minimum Gasteiger partial charge on any atom is -0.351 e. The van der Waals surface area contributed by atoms with E-state index in [2.05, 4.69) is 10.4 Å². The molecule has 16 heavy (non-hydrogen) atoms. The third-order valence-corrected chi connectivity index (χ3v) is 2.25. The second-order valence-electron chi connectivity index (χ2n) is 4.01. The van der Waals surface area contributed by atoms with E-state index in [9.17, 15) is 4.79 Å². The fourth-order valence-electron chi connectivity index (χ4n) is 1.17. The largest absolute Gasteiger partial charge is 0.351 e. The van der Waals surface area contributed by atoms with E-state index in [1.807, 2.05) is 27.1 Å². The molecule has 0 aliphatic heterocycles. The van der Waals surface area contributed by atoms with Gasteiger partial charge in [-0.1, -0.05) is 13.8 Å². The fraction of sp³-hybridized carbons (Fsp3) is 0.600. The molecule has 3 N–H and O–H groups in total. The molecule has 0 saturated heterocycles. The van der Waals surface area contributed by atoms with E-state index >= 15 is 0 Å². The van der Waals surface area contributed by atoms with E-state index in [0.717, 1.165) is 5.56 Å². The first kappa shape index (κ1) is 14.9. The summed E-state index contributed by atoms with van der Waals surface area (Å²) in [4.78, 5) is 11.5. The Kier molecular flexibility index (Phi) is 6.06. The molecule has 1 atom stereocenters.